The van der Waals surface area contributed by atoms with Crippen molar-refractivity contribution in [2.75, 3.05) is 19.6 Å². The van der Waals surface area contributed by atoms with E-state index in [0.29, 0.717) is 18.4 Å². The van der Waals surface area contributed by atoms with Gasteiger partial charge in [0, 0.05) is 25.1 Å². The first-order chi connectivity index (χ1) is 15.5. The zero-order valence-electron chi connectivity index (χ0n) is 18.7. The fourth-order valence-corrected chi connectivity index (χ4v) is 5.77. The smallest absolute Gasteiger partial charge is 0.176 e. The average molecular weight is 426 g/mol. The highest BCUT2D eigenvalue weighted by atomic mass is 16.3. The van der Waals surface area contributed by atoms with Gasteiger partial charge in [-0.25, -0.2) is 0 Å². The van der Waals surface area contributed by atoms with Crippen LogP contribution >= 0.6 is 0 Å². The van der Waals surface area contributed by atoms with Crippen molar-refractivity contribution >= 4 is 5.78 Å². The number of carbonyl (C=O) groups is 1. The monoisotopic (exact) mass is 425 g/mol. The minimum atomic E-state index is -0.599. The van der Waals surface area contributed by atoms with Crippen LogP contribution in [-0.4, -0.2) is 41.0 Å². The summed E-state index contributed by atoms with van der Waals surface area (Å²) in [5.74, 6) is 1.15. The van der Waals surface area contributed by atoms with E-state index in [1.165, 1.54) is 16.7 Å². The Morgan fingerprint density at radius 3 is 2.25 bits per heavy atom. The number of hydrogen-bond acceptors (Lipinski definition) is 3. The predicted octanol–water partition coefficient (Wildman–Crippen LogP) is 5.16. The number of nitrogens with zero attached hydrogens (tertiary/aromatic N) is 1. The van der Waals surface area contributed by atoms with Gasteiger partial charge in [0.05, 0.1) is 12.1 Å². The summed E-state index contributed by atoms with van der Waals surface area (Å²) < 4.78 is 0. The van der Waals surface area contributed by atoms with E-state index in [-0.39, 0.29) is 5.78 Å². The van der Waals surface area contributed by atoms with Gasteiger partial charge in [0.1, 0.15) is 0 Å². The Morgan fingerprint density at radius 1 is 0.906 bits per heavy atom. The highest BCUT2D eigenvalue weighted by molar-refractivity contribution is 5.98. The maximum Gasteiger partial charge on any atom is 0.176 e. The maximum atomic E-state index is 12.9. The molecule has 0 spiro atoms. The van der Waals surface area contributed by atoms with E-state index in [9.17, 15) is 9.90 Å². The summed E-state index contributed by atoms with van der Waals surface area (Å²) in [6.07, 6.45) is 2.40. The molecule has 0 aromatic heterocycles. The van der Waals surface area contributed by atoms with Crippen LogP contribution in [0.5, 0.6) is 0 Å². The number of aliphatic hydroxyl groups is 1. The first-order valence-electron chi connectivity index (χ1n) is 11.7. The molecule has 1 N–H and O–H groups in total. The summed E-state index contributed by atoms with van der Waals surface area (Å²) in [6.45, 7) is 4.38. The average Bonchev–Trinajstić information content (AvgIpc) is 3.28. The van der Waals surface area contributed by atoms with E-state index < -0.39 is 5.60 Å². The SMILES string of the molecule is Cc1cccc(-c2ccc(C(=O)CN3C[C@@H]4CC(O)(Cc5ccccc5)C[C@@H]4C3)cc2)c1. The van der Waals surface area contributed by atoms with Gasteiger partial charge < -0.3 is 5.11 Å². The largest absolute Gasteiger partial charge is 0.390 e. The Morgan fingerprint density at radius 2 is 1.59 bits per heavy atom. The van der Waals surface area contributed by atoms with Crippen LogP contribution < -0.4 is 0 Å². The molecule has 1 heterocycles. The van der Waals surface area contributed by atoms with Crippen LogP contribution in [0.1, 0.15) is 34.3 Å². The van der Waals surface area contributed by atoms with E-state index in [0.717, 1.165) is 43.5 Å². The second kappa shape index (κ2) is 8.65. The second-order valence-corrected chi connectivity index (χ2v) is 9.88. The molecule has 1 unspecified atom stereocenters. The third kappa shape index (κ3) is 4.55. The molecule has 1 saturated heterocycles. The van der Waals surface area contributed by atoms with Crippen molar-refractivity contribution < 1.29 is 9.90 Å². The molecule has 0 amide bonds. The molecule has 32 heavy (non-hydrogen) atoms. The summed E-state index contributed by atoms with van der Waals surface area (Å²) in [5, 5.41) is 11.1. The number of benzene rings is 3. The quantitative estimate of drug-likeness (QED) is 0.555. The fourth-order valence-electron chi connectivity index (χ4n) is 5.77. The van der Waals surface area contributed by atoms with Crippen LogP contribution in [0.3, 0.4) is 0 Å². The van der Waals surface area contributed by atoms with Gasteiger partial charge in [-0.2, -0.15) is 0 Å². The van der Waals surface area contributed by atoms with Crippen LogP contribution in [0.2, 0.25) is 0 Å². The Balaban J connectivity index is 1.17. The summed E-state index contributed by atoms with van der Waals surface area (Å²) in [7, 11) is 0. The number of ketones is 1. The molecule has 1 aliphatic heterocycles. The molecular weight excluding hydrogens is 394 g/mol. The molecule has 5 rings (SSSR count). The lowest BCUT2D eigenvalue weighted by atomic mass is 9.91. The minimum absolute atomic E-state index is 0.181. The number of Topliss-reactive ketones (excluding diaryl/α,β-unsaturated/α-hetero) is 1. The number of carbonyl (C=O) groups excluding carboxylic acids is 1. The van der Waals surface area contributed by atoms with E-state index in [2.05, 4.69) is 48.2 Å². The molecule has 1 aliphatic carbocycles. The van der Waals surface area contributed by atoms with Gasteiger partial charge >= 0.3 is 0 Å². The second-order valence-electron chi connectivity index (χ2n) is 9.88. The highest BCUT2D eigenvalue weighted by Crippen LogP contribution is 2.45. The Hall–Kier alpha value is -2.75. The highest BCUT2D eigenvalue weighted by Gasteiger charge is 2.48. The summed E-state index contributed by atoms with van der Waals surface area (Å²) in [4.78, 5) is 15.2. The fraction of sp³-hybridized carbons (Fsp3) is 0.345. The first-order valence-corrected chi connectivity index (χ1v) is 11.7. The van der Waals surface area contributed by atoms with Gasteiger partial charge in [0.2, 0.25) is 0 Å². The molecule has 3 heteroatoms. The minimum Gasteiger partial charge on any atom is -0.390 e. The van der Waals surface area contributed by atoms with Crippen molar-refractivity contribution in [2.45, 2.75) is 31.8 Å². The lowest BCUT2D eigenvalue weighted by Gasteiger charge is -2.26. The number of aryl methyl sites for hydroxylation is 1. The molecule has 3 aromatic carbocycles. The van der Waals surface area contributed by atoms with E-state index in [1.807, 2.05) is 42.5 Å². The molecule has 0 radical (unpaired) electrons. The lowest BCUT2D eigenvalue weighted by molar-refractivity contribution is 0.0355. The Labute approximate surface area is 190 Å². The lowest BCUT2D eigenvalue weighted by Crippen LogP contribution is -2.34. The molecule has 3 atom stereocenters. The van der Waals surface area contributed by atoms with Gasteiger partial charge in [-0.3, -0.25) is 9.69 Å². The third-order valence-electron chi connectivity index (χ3n) is 7.24. The van der Waals surface area contributed by atoms with Crippen molar-refractivity contribution in [3.8, 4) is 11.1 Å². The van der Waals surface area contributed by atoms with Crippen molar-refractivity contribution in [1.29, 1.82) is 0 Å². The van der Waals surface area contributed by atoms with Gasteiger partial charge in [-0.15, -0.1) is 0 Å². The molecular formula is C29H31NO2. The van der Waals surface area contributed by atoms with Crippen LogP contribution in [0.25, 0.3) is 11.1 Å². The molecule has 0 bridgehead atoms. The summed E-state index contributed by atoms with van der Waals surface area (Å²) in [5.41, 5.74) is 4.93. The number of fused-ring (bicyclic) bond motifs is 1. The first kappa shape index (κ1) is 21.1. The van der Waals surface area contributed by atoms with E-state index in [4.69, 9.17) is 0 Å². The van der Waals surface area contributed by atoms with Crippen LogP contribution in [-0.2, 0) is 6.42 Å². The van der Waals surface area contributed by atoms with Crippen molar-refractivity contribution in [1.82, 2.24) is 4.90 Å². The van der Waals surface area contributed by atoms with Gasteiger partial charge in [0.25, 0.3) is 0 Å². The van der Waals surface area contributed by atoms with Gasteiger partial charge in [-0.05, 0) is 48.3 Å². The predicted molar refractivity (Wildman–Crippen MR) is 129 cm³/mol. The van der Waals surface area contributed by atoms with Crippen LogP contribution in [0.15, 0.2) is 78.9 Å². The Bertz CT molecular complexity index is 1080. The van der Waals surface area contributed by atoms with Gasteiger partial charge in [0.15, 0.2) is 5.78 Å². The molecule has 164 valence electrons. The van der Waals surface area contributed by atoms with E-state index >= 15 is 0 Å². The number of rotatable bonds is 6. The number of hydrogen-bond donors (Lipinski definition) is 1. The van der Waals surface area contributed by atoms with Crippen molar-refractivity contribution in [3.63, 3.8) is 0 Å². The normalized spacial score (nSPS) is 25.1. The van der Waals surface area contributed by atoms with Crippen LogP contribution in [0.4, 0.5) is 0 Å². The topological polar surface area (TPSA) is 40.5 Å². The molecule has 3 aromatic rings. The summed E-state index contributed by atoms with van der Waals surface area (Å²) >= 11 is 0. The molecule has 2 aliphatic rings. The maximum absolute atomic E-state index is 12.9. The van der Waals surface area contributed by atoms with Crippen molar-refractivity contribution in [2.24, 2.45) is 11.8 Å². The zero-order chi connectivity index (χ0) is 22.1. The van der Waals surface area contributed by atoms with Crippen molar-refractivity contribution in [3.05, 3.63) is 95.6 Å². The number of likely N-dealkylation sites (tertiary alicyclic amines) is 1. The standard InChI is InChI=1S/C29H31NO2/c1-21-6-5-9-25(14-21)23-10-12-24(13-11-23)28(31)20-30-18-26-16-29(32,17-27(26)19-30)15-22-7-3-2-4-8-22/h2-14,26-27,32H,15-20H2,1H3/t26-,27+,29?. The van der Waals surface area contributed by atoms with E-state index in [1.54, 1.807) is 0 Å². The molecule has 2 fully saturated rings. The van der Waals surface area contributed by atoms with Gasteiger partial charge in [-0.1, -0.05) is 84.4 Å². The Kier molecular flexibility index (Phi) is 5.71. The van der Waals surface area contributed by atoms with Crippen LogP contribution in [0, 0.1) is 18.8 Å². The molecule has 1 saturated carbocycles. The third-order valence-corrected chi connectivity index (χ3v) is 7.24. The summed E-state index contributed by atoms with van der Waals surface area (Å²) in [6, 6.07) is 26.7. The molecule has 3 nitrogen and oxygen atoms in total. The zero-order valence-corrected chi connectivity index (χ0v) is 18.7.